The van der Waals surface area contributed by atoms with Gasteiger partial charge in [-0.05, 0) is 56.2 Å². The smallest absolute Gasteiger partial charge is 0.240 e. The Hall–Kier alpha value is -0.910. The van der Waals surface area contributed by atoms with E-state index in [1.54, 1.807) is 24.3 Å². The molecule has 0 saturated heterocycles. The number of hydrogen-bond acceptors (Lipinski definition) is 3. The summed E-state index contributed by atoms with van der Waals surface area (Å²) in [5.74, 6) is 1.07. The van der Waals surface area contributed by atoms with E-state index in [4.69, 9.17) is 5.73 Å². The van der Waals surface area contributed by atoms with Gasteiger partial charge in [0.15, 0.2) is 0 Å². The average Bonchev–Trinajstić information content (AvgIpc) is 2.47. The first-order valence-electron chi connectivity index (χ1n) is 6.86. The van der Waals surface area contributed by atoms with Crippen LogP contribution in [0.2, 0.25) is 0 Å². The van der Waals surface area contributed by atoms with Crippen LogP contribution in [0.3, 0.4) is 0 Å². The number of sulfonamides is 1. The first kappa shape index (κ1) is 14.5. The van der Waals surface area contributed by atoms with Gasteiger partial charge < -0.3 is 5.73 Å². The molecule has 0 heterocycles. The zero-order valence-corrected chi connectivity index (χ0v) is 11.9. The van der Waals surface area contributed by atoms with Crippen LogP contribution in [0, 0.1) is 11.8 Å². The second-order valence-electron chi connectivity index (χ2n) is 5.29. The molecule has 1 aromatic carbocycles. The molecule has 0 bridgehead atoms. The molecule has 1 aliphatic carbocycles. The number of nitrogens with one attached hydrogen (secondary N) is 1. The van der Waals surface area contributed by atoms with Gasteiger partial charge in [-0.15, -0.1) is 0 Å². The molecule has 0 atom stereocenters. The molecular weight excluding hydrogens is 260 g/mol. The van der Waals surface area contributed by atoms with Gasteiger partial charge in [-0.3, -0.25) is 0 Å². The molecule has 106 valence electrons. The van der Waals surface area contributed by atoms with Crippen LogP contribution in [0.25, 0.3) is 0 Å². The topological polar surface area (TPSA) is 72.2 Å². The lowest BCUT2D eigenvalue weighted by atomic mass is 9.82. The summed E-state index contributed by atoms with van der Waals surface area (Å²) in [5, 5.41) is 0. The first-order chi connectivity index (χ1) is 9.12. The second-order valence-corrected chi connectivity index (χ2v) is 7.05. The molecule has 0 aliphatic heterocycles. The Morgan fingerprint density at radius 2 is 1.63 bits per heavy atom. The summed E-state index contributed by atoms with van der Waals surface area (Å²) in [7, 11) is -3.35. The van der Waals surface area contributed by atoms with Crippen molar-refractivity contribution in [3.8, 4) is 0 Å². The quantitative estimate of drug-likeness (QED) is 0.864. The Kier molecular flexibility index (Phi) is 4.96. The maximum atomic E-state index is 12.1. The van der Waals surface area contributed by atoms with Crippen molar-refractivity contribution in [2.45, 2.75) is 30.6 Å². The molecule has 0 spiro atoms. The molecular formula is C14H22N2O2S. The van der Waals surface area contributed by atoms with E-state index in [0.29, 0.717) is 23.3 Å². The van der Waals surface area contributed by atoms with Crippen LogP contribution in [0.15, 0.2) is 35.2 Å². The molecule has 2 rings (SSSR count). The van der Waals surface area contributed by atoms with Crippen molar-refractivity contribution in [2.75, 3.05) is 13.1 Å². The molecule has 0 radical (unpaired) electrons. The van der Waals surface area contributed by atoms with Gasteiger partial charge in [0.05, 0.1) is 4.90 Å². The molecule has 3 N–H and O–H groups in total. The van der Waals surface area contributed by atoms with Crippen LogP contribution < -0.4 is 10.5 Å². The minimum Gasteiger partial charge on any atom is -0.330 e. The zero-order chi connectivity index (χ0) is 13.7. The second kappa shape index (κ2) is 6.50. The highest BCUT2D eigenvalue weighted by Crippen LogP contribution is 2.27. The zero-order valence-electron chi connectivity index (χ0n) is 11.1. The van der Waals surface area contributed by atoms with E-state index in [-0.39, 0.29) is 0 Å². The van der Waals surface area contributed by atoms with Gasteiger partial charge in [-0.25, -0.2) is 13.1 Å². The van der Waals surface area contributed by atoms with E-state index >= 15 is 0 Å². The summed E-state index contributed by atoms with van der Waals surface area (Å²) in [4.78, 5) is 0.339. The lowest BCUT2D eigenvalue weighted by Crippen LogP contribution is -2.32. The fourth-order valence-corrected chi connectivity index (χ4v) is 3.72. The maximum Gasteiger partial charge on any atom is 0.240 e. The highest BCUT2D eigenvalue weighted by Gasteiger charge is 2.22. The van der Waals surface area contributed by atoms with E-state index in [2.05, 4.69) is 4.72 Å². The Morgan fingerprint density at radius 3 is 2.21 bits per heavy atom. The summed E-state index contributed by atoms with van der Waals surface area (Å²) < 4.78 is 26.8. The molecule has 1 fully saturated rings. The van der Waals surface area contributed by atoms with Crippen LogP contribution >= 0.6 is 0 Å². The third-order valence-corrected chi connectivity index (χ3v) is 5.35. The van der Waals surface area contributed by atoms with Gasteiger partial charge in [0, 0.05) is 6.54 Å². The lowest BCUT2D eigenvalue weighted by Gasteiger charge is -2.27. The largest absolute Gasteiger partial charge is 0.330 e. The third kappa shape index (κ3) is 4.03. The van der Waals surface area contributed by atoms with Crippen molar-refractivity contribution in [2.24, 2.45) is 17.6 Å². The van der Waals surface area contributed by atoms with Crippen molar-refractivity contribution >= 4 is 10.0 Å². The van der Waals surface area contributed by atoms with Gasteiger partial charge in [-0.1, -0.05) is 18.2 Å². The van der Waals surface area contributed by atoms with E-state index in [1.807, 2.05) is 6.07 Å². The molecule has 1 aromatic rings. The lowest BCUT2D eigenvalue weighted by molar-refractivity contribution is 0.280. The van der Waals surface area contributed by atoms with Crippen LogP contribution in [0.1, 0.15) is 25.7 Å². The van der Waals surface area contributed by atoms with E-state index < -0.39 is 10.0 Å². The molecule has 0 aromatic heterocycles. The van der Waals surface area contributed by atoms with Gasteiger partial charge >= 0.3 is 0 Å². The minimum atomic E-state index is -3.35. The van der Waals surface area contributed by atoms with E-state index in [0.717, 1.165) is 32.2 Å². The Balaban J connectivity index is 1.86. The van der Waals surface area contributed by atoms with Gasteiger partial charge in [-0.2, -0.15) is 0 Å². The number of benzene rings is 1. The number of rotatable bonds is 5. The number of nitrogens with two attached hydrogens (primary N) is 1. The van der Waals surface area contributed by atoms with E-state index in [9.17, 15) is 8.42 Å². The summed E-state index contributed by atoms with van der Waals surface area (Å²) in [6.07, 6.45) is 4.38. The van der Waals surface area contributed by atoms with Gasteiger partial charge in [0.1, 0.15) is 0 Å². The summed E-state index contributed by atoms with van der Waals surface area (Å²) in [6, 6.07) is 8.52. The molecule has 0 amide bonds. The van der Waals surface area contributed by atoms with Gasteiger partial charge in [0.25, 0.3) is 0 Å². The first-order valence-corrected chi connectivity index (χ1v) is 8.35. The predicted octanol–water partition coefficient (Wildman–Crippen LogP) is 1.73. The Morgan fingerprint density at radius 1 is 1.05 bits per heavy atom. The predicted molar refractivity (Wildman–Crippen MR) is 76.1 cm³/mol. The van der Waals surface area contributed by atoms with Crippen LogP contribution in [-0.4, -0.2) is 21.5 Å². The van der Waals surface area contributed by atoms with Crippen molar-refractivity contribution < 1.29 is 8.42 Å². The highest BCUT2D eigenvalue weighted by atomic mass is 32.2. The SMILES string of the molecule is NCC1CCC(CNS(=O)(=O)c2ccccc2)CC1. The summed E-state index contributed by atoms with van der Waals surface area (Å²) in [5.41, 5.74) is 5.66. The monoisotopic (exact) mass is 282 g/mol. The molecule has 5 heteroatoms. The fraction of sp³-hybridized carbons (Fsp3) is 0.571. The molecule has 0 unspecified atom stereocenters. The summed E-state index contributed by atoms with van der Waals surface area (Å²) >= 11 is 0. The molecule has 19 heavy (non-hydrogen) atoms. The standard InChI is InChI=1S/C14H22N2O2S/c15-10-12-6-8-13(9-7-12)11-16-19(17,18)14-4-2-1-3-5-14/h1-5,12-13,16H,6-11,15H2. The van der Waals surface area contributed by atoms with Crippen LogP contribution in [0.5, 0.6) is 0 Å². The normalized spacial score (nSPS) is 24.3. The summed E-state index contributed by atoms with van der Waals surface area (Å²) in [6.45, 7) is 1.29. The van der Waals surface area contributed by atoms with Gasteiger partial charge in [0.2, 0.25) is 10.0 Å². The third-order valence-electron chi connectivity index (χ3n) is 3.92. The molecule has 4 nitrogen and oxygen atoms in total. The van der Waals surface area contributed by atoms with Crippen molar-refractivity contribution in [1.29, 1.82) is 0 Å². The average molecular weight is 282 g/mol. The highest BCUT2D eigenvalue weighted by molar-refractivity contribution is 7.89. The van der Waals surface area contributed by atoms with Crippen molar-refractivity contribution in [3.63, 3.8) is 0 Å². The van der Waals surface area contributed by atoms with Crippen LogP contribution in [-0.2, 0) is 10.0 Å². The molecule has 1 aliphatic rings. The van der Waals surface area contributed by atoms with Crippen molar-refractivity contribution in [3.05, 3.63) is 30.3 Å². The Bertz CT molecular complexity index is 479. The Labute approximate surface area is 115 Å². The maximum absolute atomic E-state index is 12.1. The van der Waals surface area contributed by atoms with E-state index in [1.165, 1.54) is 0 Å². The number of hydrogen-bond donors (Lipinski definition) is 2. The van der Waals surface area contributed by atoms with Crippen molar-refractivity contribution in [1.82, 2.24) is 4.72 Å². The molecule has 1 saturated carbocycles. The fourth-order valence-electron chi connectivity index (χ4n) is 2.58. The minimum absolute atomic E-state index is 0.339. The van der Waals surface area contributed by atoms with Crippen LogP contribution in [0.4, 0.5) is 0 Å².